The summed E-state index contributed by atoms with van der Waals surface area (Å²) in [6.45, 7) is 10.0. The van der Waals surface area contributed by atoms with Crippen LogP contribution in [0.5, 0.6) is 0 Å². The van der Waals surface area contributed by atoms with E-state index in [1.165, 1.54) is 32.4 Å². The zero-order valence-electron chi connectivity index (χ0n) is 9.56. The van der Waals surface area contributed by atoms with Gasteiger partial charge in [-0.25, -0.2) is 0 Å². The van der Waals surface area contributed by atoms with Crippen molar-refractivity contribution >= 4 is 0 Å². The Labute approximate surface area is 82.5 Å². The van der Waals surface area contributed by atoms with E-state index in [4.69, 9.17) is 0 Å². The van der Waals surface area contributed by atoms with Crippen molar-refractivity contribution < 1.29 is 0 Å². The van der Waals surface area contributed by atoms with E-state index in [-0.39, 0.29) is 0 Å². The molecule has 2 unspecified atom stereocenters. The van der Waals surface area contributed by atoms with Crippen LogP contribution in [-0.2, 0) is 0 Å². The van der Waals surface area contributed by atoms with Gasteiger partial charge < -0.3 is 4.90 Å². The zero-order chi connectivity index (χ0) is 9.69. The SMILES string of the molecule is CC1CC2(C)CN(C)CC(C)(C1)C2. The molecule has 0 aromatic carbocycles. The lowest BCUT2D eigenvalue weighted by Crippen LogP contribution is -2.53. The van der Waals surface area contributed by atoms with Gasteiger partial charge in [0.2, 0.25) is 0 Å². The number of rotatable bonds is 0. The van der Waals surface area contributed by atoms with E-state index < -0.39 is 0 Å². The Kier molecular flexibility index (Phi) is 1.99. The molecule has 13 heavy (non-hydrogen) atoms. The van der Waals surface area contributed by atoms with Gasteiger partial charge in [-0.05, 0) is 43.1 Å². The maximum absolute atomic E-state index is 2.54. The summed E-state index contributed by atoms with van der Waals surface area (Å²) in [5.41, 5.74) is 1.22. The lowest BCUT2D eigenvalue weighted by atomic mass is 9.58. The molecule has 1 saturated carbocycles. The van der Waals surface area contributed by atoms with Crippen molar-refractivity contribution in [2.75, 3.05) is 20.1 Å². The Morgan fingerprint density at radius 1 is 1.08 bits per heavy atom. The van der Waals surface area contributed by atoms with Crippen molar-refractivity contribution in [3.05, 3.63) is 0 Å². The third-order valence-corrected chi connectivity index (χ3v) is 3.84. The molecule has 2 rings (SSSR count). The highest BCUT2D eigenvalue weighted by molar-refractivity contribution is 4.98. The van der Waals surface area contributed by atoms with Gasteiger partial charge in [-0.1, -0.05) is 20.8 Å². The number of piperidine rings is 1. The molecular weight excluding hydrogens is 158 g/mol. The highest BCUT2D eigenvalue weighted by atomic mass is 15.1. The van der Waals surface area contributed by atoms with Crippen LogP contribution in [0.15, 0.2) is 0 Å². The standard InChI is InChI=1S/C12H23N/c1-10-5-11(2)7-12(3,6-10)9-13(4)8-11/h10H,5-9H2,1-4H3. The molecule has 2 aliphatic rings. The summed E-state index contributed by atoms with van der Waals surface area (Å²) in [5, 5.41) is 0. The third kappa shape index (κ3) is 1.76. The summed E-state index contributed by atoms with van der Waals surface area (Å²) in [6.07, 6.45) is 4.33. The van der Waals surface area contributed by atoms with E-state index in [1.807, 2.05) is 0 Å². The normalized spacial score (nSPS) is 52.2. The zero-order valence-corrected chi connectivity index (χ0v) is 9.56. The number of hydrogen-bond donors (Lipinski definition) is 0. The van der Waals surface area contributed by atoms with Crippen LogP contribution < -0.4 is 0 Å². The molecule has 1 nitrogen and oxygen atoms in total. The van der Waals surface area contributed by atoms with E-state index in [0.29, 0.717) is 10.8 Å². The Bertz CT molecular complexity index is 175. The molecule has 2 bridgehead atoms. The van der Waals surface area contributed by atoms with E-state index in [0.717, 1.165) is 5.92 Å². The highest BCUT2D eigenvalue weighted by Gasteiger charge is 2.46. The first-order chi connectivity index (χ1) is 5.91. The molecule has 1 aliphatic carbocycles. The molecule has 2 fully saturated rings. The van der Waals surface area contributed by atoms with Gasteiger partial charge in [0.15, 0.2) is 0 Å². The largest absolute Gasteiger partial charge is 0.305 e. The monoisotopic (exact) mass is 181 g/mol. The molecular formula is C12H23N. The number of likely N-dealkylation sites (tertiary alicyclic amines) is 1. The summed E-state index contributed by atoms with van der Waals surface area (Å²) in [5.74, 6) is 0.942. The Hall–Kier alpha value is -0.0400. The molecule has 2 atom stereocenters. The molecule has 0 spiro atoms. The van der Waals surface area contributed by atoms with Crippen LogP contribution in [0.2, 0.25) is 0 Å². The quantitative estimate of drug-likeness (QED) is 0.555. The third-order valence-electron chi connectivity index (χ3n) is 3.84. The molecule has 0 radical (unpaired) electrons. The van der Waals surface area contributed by atoms with Crippen LogP contribution in [0.3, 0.4) is 0 Å². The first kappa shape index (κ1) is 9.51. The number of fused-ring (bicyclic) bond motifs is 2. The lowest BCUT2D eigenvalue weighted by Gasteiger charge is -2.54. The van der Waals surface area contributed by atoms with Crippen molar-refractivity contribution in [2.24, 2.45) is 16.7 Å². The van der Waals surface area contributed by atoms with Crippen LogP contribution in [0.4, 0.5) is 0 Å². The maximum Gasteiger partial charge on any atom is 0.00328 e. The smallest absolute Gasteiger partial charge is 0.00328 e. The molecule has 0 amide bonds. The molecule has 1 saturated heterocycles. The average molecular weight is 181 g/mol. The summed E-state index contributed by atoms with van der Waals surface area (Å²) >= 11 is 0. The van der Waals surface area contributed by atoms with Crippen molar-refractivity contribution in [2.45, 2.75) is 40.0 Å². The molecule has 1 heteroatoms. The van der Waals surface area contributed by atoms with Crippen molar-refractivity contribution in [1.29, 1.82) is 0 Å². The molecule has 1 heterocycles. The Balaban J connectivity index is 2.22. The van der Waals surface area contributed by atoms with Gasteiger partial charge in [0, 0.05) is 13.1 Å². The van der Waals surface area contributed by atoms with Crippen LogP contribution in [0.1, 0.15) is 40.0 Å². The first-order valence-electron chi connectivity index (χ1n) is 5.59. The fourth-order valence-corrected chi connectivity index (χ4v) is 4.53. The minimum atomic E-state index is 0.611. The number of nitrogens with zero attached hydrogens (tertiary/aromatic N) is 1. The second-order valence-electron chi connectivity index (χ2n) is 6.48. The predicted octanol–water partition coefficient (Wildman–Crippen LogP) is 2.76. The van der Waals surface area contributed by atoms with E-state index in [1.54, 1.807) is 0 Å². The van der Waals surface area contributed by atoms with Crippen molar-refractivity contribution in [1.82, 2.24) is 4.90 Å². The second kappa shape index (κ2) is 2.73. The van der Waals surface area contributed by atoms with Gasteiger partial charge >= 0.3 is 0 Å². The maximum atomic E-state index is 2.54. The summed E-state index contributed by atoms with van der Waals surface area (Å²) < 4.78 is 0. The fraction of sp³-hybridized carbons (Fsp3) is 1.00. The van der Waals surface area contributed by atoms with Gasteiger partial charge in [-0.3, -0.25) is 0 Å². The minimum absolute atomic E-state index is 0.611. The number of hydrogen-bond acceptors (Lipinski definition) is 1. The highest BCUT2D eigenvalue weighted by Crippen LogP contribution is 2.52. The topological polar surface area (TPSA) is 3.24 Å². The summed E-state index contributed by atoms with van der Waals surface area (Å²) in [7, 11) is 2.28. The first-order valence-corrected chi connectivity index (χ1v) is 5.59. The van der Waals surface area contributed by atoms with Crippen LogP contribution in [0, 0.1) is 16.7 Å². The van der Waals surface area contributed by atoms with E-state index >= 15 is 0 Å². The second-order valence-corrected chi connectivity index (χ2v) is 6.48. The van der Waals surface area contributed by atoms with Crippen LogP contribution in [-0.4, -0.2) is 25.0 Å². The van der Waals surface area contributed by atoms with E-state index in [9.17, 15) is 0 Å². The fourth-order valence-electron chi connectivity index (χ4n) is 4.53. The van der Waals surface area contributed by atoms with Gasteiger partial charge in [-0.2, -0.15) is 0 Å². The average Bonchev–Trinajstić information content (AvgIpc) is 1.75. The summed E-state index contributed by atoms with van der Waals surface area (Å²) in [6, 6.07) is 0. The van der Waals surface area contributed by atoms with E-state index in [2.05, 4.69) is 32.7 Å². The van der Waals surface area contributed by atoms with Crippen molar-refractivity contribution in [3.63, 3.8) is 0 Å². The minimum Gasteiger partial charge on any atom is -0.305 e. The van der Waals surface area contributed by atoms with Crippen LogP contribution >= 0.6 is 0 Å². The lowest BCUT2D eigenvalue weighted by molar-refractivity contribution is -0.0435. The molecule has 0 N–H and O–H groups in total. The van der Waals surface area contributed by atoms with Gasteiger partial charge in [0.25, 0.3) is 0 Å². The van der Waals surface area contributed by atoms with Gasteiger partial charge in [0.05, 0.1) is 0 Å². The molecule has 0 aromatic rings. The molecule has 76 valence electrons. The van der Waals surface area contributed by atoms with Crippen LogP contribution in [0.25, 0.3) is 0 Å². The Morgan fingerprint density at radius 2 is 1.54 bits per heavy atom. The summed E-state index contributed by atoms with van der Waals surface area (Å²) in [4.78, 5) is 2.54. The van der Waals surface area contributed by atoms with Crippen molar-refractivity contribution in [3.8, 4) is 0 Å². The van der Waals surface area contributed by atoms with Gasteiger partial charge in [-0.15, -0.1) is 0 Å². The molecule has 1 aliphatic heterocycles. The Morgan fingerprint density at radius 3 is 2.00 bits per heavy atom. The molecule has 0 aromatic heterocycles. The predicted molar refractivity (Wildman–Crippen MR) is 56.7 cm³/mol. The van der Waals surface area contributed by atoms with Gasteiger partial charge in [0.1, 0.15) is 0 Å².